The van der Waals surface area contributed by atoms with Crippen molar-refractivity contribution in [1.29, 1.82) is 0 Å². The van der Waals surface area contributed by atoms with Gasteiger partial charge >= 0.3 is 5.97 Å². The van der Waals surface area contributed by atoms with E-state index >= 15 is 0 Å². The molecule has 4 nitrogen and oxygen atoms in total. The van der Waals surface area contributed by atoms with Gasteiger partial charge in [-0.1, -0.05) is 32.1 Å². The fraction of sp³-hybridized carbons (Fsp3) is 0.833. The van der Waals surface area contributed by atoms with Gasteiger partial charge in [0, 0.05) is 6.92 Å². The molecule has 0 aliphatic heterocycles. The van der Waals surface area contributed by atoms with Crippen molar-refractivity contribution in [3.63, 3.8) is 0 Å². The predicted molar refractivity (Wildman–Crippen MR) is 61.0 cm³/mol. The molecule has 0 saturated heterocycles. The van der Waals surface area contributed by atoms with Crippen LogP contribution in [0.4, 0.5) is 0 Å². The Hall–Kier alpha value is -1.06. The van der Waals surface area contributed by atoms with Crippen LogP contribution in [0.2, 0.25) is 0 Å². The van der Waals surface area contributed by atoms with E-state index < -0.39 is 12.0 Å². The lowest BCUT2D eigenvalue weighted by atomic mass is 9.85. The van der Waals surface area contributed by atoms with E-state index in [1.54, 1.807) is 0 Å². The highest BCUT2D eigenvalue weighted by Gasteiger charge is 2.21. The van der Waals surface area contributed by atoms with Gasteiger partial charge in [-0.05, 0) is 18.8 Å². The first kappa shape index (κ1) is 13.0. The first-order valence-corrected chi connectivity index (χ1v) is 6.09. The number of carboxylic acids is 1. The summed E-state index contributed by atoms with van der Waals surface area (Å²) in [7, 11) is 0. The van der Waals surface area contributed by atoms with Crippen LogP contribution >= 0.6 is 0 Å². The van der Waals surface area contributed by atoms with Crippen molar-refractivity contribution in [2.75, 3.05) is 0 Å². The fourth-order valence-electron chi connectivity index (χ4n) is 2.38. The quantitative estimate of drug-likeness (QED) is 0.754. The maximum absolute atomic E-state index is 10.9. The lowest BCUT2D eigenvalue weighted by Crippen LogP contribution is -2.39. The normalized spacial score (nSPS) is 19.1. The summed E-state index contributed by atoms with van der Waals surface area (Å²) in [5.74, 6) is -0.536. The van der Waals surface area contributed by atoms with Gasteiger partial charge in [-0.25, -0.2) is 4.79 Å². The van der Waals surface area contributed by atoms with Crippen molar-refractivity contribution in [1.82, 2.24) is 5.32 Å². The van der Waals surface area contributed by atoms with Gasteiger partial charge in [-0.2, -0.15) is 0 Å². The monoisotopic (exact) mass is 227 g/mol. The number of nitrogens with one attached hydrogen (secondary N) is 1. The third-order valence-corrected chi connectivity index (χ3v) is 3.26. The number of aliphatic carboxylic acids is 1. The number of hydrogen-bond acceptors (Lipinski definition) is 2. The molecule has 0 radical (unpaired) electrons. The summed E-state index contributed by atoms with van der Waals surface area (Å²) in [6.07, 6.45) is 7.74. The summed E-state index contributed by atoms with van der Waals surface area (Å²) in [5, 5.41) is 11.4. The molecule has 2 N–H and O–H groups in total. The Labute approximate surface area is 96.4 Å². The van der Waals surface area contributed by atoms with Crippen LogP contribution in [0.5, 0.6) is 0 Å². The molecule has 4 heteroatoms. The van der Waals surface area contributed by atoms with Crippen molar-refractivity contribution in [3.05, 3.63) is 0 Å². The van der Waals surface area contributed by atoms with Crippen LogP contribution in [0.3, 0.4) is 0 Å². The minimum atomic E-state index is -0.925. The third kappa shape index (κ3) is 4.64. The molecule has 0 heterocycles. The Bertz CT molecular complexity index is 247. The first-order chi connectivity index (χ1) is 7.59. The fourth-order valence-corrected chi connectivity index (χ4v) is 2.38. The standard InChI is InChI=1S/C12H21NO3/c1-9(14)13-11(12(15)16)8-7-10-5-3-2-4-6-10/h10-11H,2-8H2,1H3,(H,13,14)(H,15,16)/t11-/m1/s1. The zero-order valence-corrected chi connectivity index (χ0v) is 9.87. The van der Waals surface area contributed by atoms with Crippen molar-refractivity contribution in [2.24, 2.45) is 5.92 Å². The van der Waals surface area contributed by atoms with Crippen LogP contribution < -0.4 is 5.32 Å². The molecule has 1 aliphatic carbocycles. The number of amides is 1. The van der Waals surface area contributed by atoms with E-state index in [-0.39, 0.29) is 5.91 Å². The number of carbonyl (C=O) groups is 2. The molecule has 0 aromatic heterocycles. The van der Waals surface area contributed by atoms with Gasteiger partial charge in [0.25, 0.3) is 0 Å². The molecule has 0 aromatic carbocycles. The average Bonchev–Trinajstić information content (AvgIpc) is 2.25. The Morgan fingerprint density at radius 1 is 1.31 bits per heavy atom. The summed E-state index contributed by atoms with van der Waals surface area (Å²) < 4.78 is 0. The second-order valence-corrected chi connectivity index (χ2v) is 4.67. The highest BCUT2D eigenvalue weighted by molar-refractivity contribution is 5.81. The molecular formula is C12H21NO3. The SMILES string of the molecule is CC(=O)N[C@H](CCC1CCCCC1)C(=O)O. The topological polar surface area (TPSA) is 66.4 Å². The van der Waals surface area contributed by atoms with Crippen LogP contribution in [0.25, 0.3) is 0 Å². The number of carboxylic acid groups (broad SMARTS) is 1. The molecule has 0 bridgehead atoms. The van der Waals surface area contributed by atoms with Gasteiger partial charge < -0.3 is 10.4 Å². The van der Waals surface area contributed by atoms with E-state index in [9.17, 15) is 9.59 Å². The molecule has 0 unspecified atom stereocenters. The molecule has 92 valence electrons. The van der Waals surface area contributed by atoms with Crippen LogP contribution in [-0.2, 0) is 9.59 Å². The smallest absolute Gasteiger partial charge is 0.326 e. The maximum Gasteiger partial charge on any atom is 0.326 e. The average molecular weight is 227 g/mol. The van der Waals surface area contributed by atoms with E-state index in [4.69, 9.17) is 5.11 Å². The van der Waals surface area contributed by atoms with Gasteiger partial charge in [0.1, 0.15) is 6.04 Å². The lowest BCUT2D eigenvalue weighted by Gasteiger charge is -2.23. The number of carbonyl (C=O) groups excluding carboxylic acids is 1. The lowest BCUT2D eigenvalue weighted by molar-refractivity contribution is -0.141. The summed E-state index contributed by atoms with van der Waals surface area (Å²) in [6.45, 7) is 1.36. The second-order valence-electron chi connectivity index (χ2n) is 4.67. The van der Waals surface area contributed by atoms with E-state index in [2.05, 4.69) is 5.32 Å². The molecular weight excluding hydrogens is 206 g/mol. The van der Waals surface area contributed by atoms with E-state index in [1.807, 2.05) is 0 Å². The van der Waals surface area contributed by atoms with E-state index in [1.165, 1.54) is 39.0 Å². The van der Waals surface area contributed by atoms with Crippen LogP contribution in [0.15, 0.2) is 0 Å². The summed E-state index contributed by atoms with van der Waals surface area (Å²) in [6, 6.07) is -0.709. The second kappa shape index (κ2) is 6.51. The molecule has 0 spiro atoms. The Morgan fingerprint density at radius 2 is 1.94 bits per heavy atom. The van der Waals surface area contributed by atoms with Gasteiger partial charge in [0.2, 0.25) is 5.91 Å². The highest BCUT2D eigenvalue weighted by atomic mass is 16.4. The van der Waals surface area contributed by atoms with Crippen LogP contribution in [0.1, 0.15) is 51.9 Å². The van der Waals surface area contributed by atoms with Crippen LogP contribution in [0, 0.1) is 5.92 Å². The Kier molecular flexibility index (Phi) is 5.29. The molecule has 16 heavy (non-hydrogen) atoms. The third-order valence-electron chi connectivity index (χ3n) is 3.26. The molecule has 1 fully saturated rings. The van der Waals surface area contributed by atoms with Gasteiger partial charge in [-0.3, -0.25) is 4.79 Å². The molecule has 1 atom stereocenters. The minimum absolute atomic E-state index is 0.268. The van der Waals surface area contributed by atoms with Crippen molar-refractivity contribution < 1.29 is 14.7 Å². The Morgan fingerprint density at radius 3 is 2.44 bits per heavy atom. The summed E-state index contributed by atoms with van der Waals surface area (Å²) >= 11 is 0. The van der Waals surface area contributed by atoms with Gasteiger partial charge in [0.05, 0.1) is 0 Å². The molecule has 1 aliphatic rings. The molecule has 1 saturated carbocycles. The summed E-state index contributed by atoms with van der Waals surface area (Å²) in [5.41, 5.74) is 0. The summed E-state index contributed by atoms with van der Waals surface area (Å²) in [4.78, 5) is 21.7. The first-order valence-electron chi connectivity index (χ1n) is 6.09. The zero-order chi connectivity index (χ0) is 12.0. The van der Waals surface area contributed by atoms with Crippen molar-refractivity contribution in [2.45, 2.75) is 57.9 Å². The maximum atomic E-state index is 10.9. The van der Waals surface area contributed by atoms with Crippen molar-refractivity contribution >= 4 is 11.9 Å². The minimum Gasteiger partial charge on any atom is -0.480 e. The molecule has 1 rings (SSSR count). The number of hydrogen-bond donors (Lipinski definition) is 2. The van der Waals surface area contributed by atoms with Crippen LogP contribution in [-0.4, -0.2) is 23.0 Å². The van der Waals surface area contributed by atoms with E-state index in [0.717, 1.165) is 6.42 Å². The highest BCUT2D eigenvalue weighted by Crippen LogP contribution is 2.27. The zero-order valence-electron chi connectivity index (χ0n) is 9.87. The Balaban J connectivity index is 2.30. The predicted octanol–water partition coefficient (Wildman–Crippen LogP) is 1.94. The van der Waals surface area contributed by atoms with E-state index in [0.29, 0.717) is 12.3 Å². The largest absolute Gasteiger partial charge is 0.480 e. The molecule has 1 amide bonds. The van der Waals surface area contributed by atoms with Crippen molar-refractivity contribution in [3.8, 4) is 0 Å². The molecule has 0 aromatic rings. The number of rotatable bonds is 5. The van der Waals surface area contributed by atoms with Gasteiger partial charge in [-0.15, -0.1) is 0 Å². The van der Waals surface area contributed by atoms with Gasteiger partial charge in [0.15, 0.2) is 0 Å².